The fourth-order valence-corrected chi connectivity index (χ4v) is 0.951. The van der Waals surface area contributed by atoms with Gasteiger partial charge in [-0.3, -0.25) is 4.79 Å². The van der Waals surface area contributed by atoms with Crippen molar-refractivity contribution < 1.29 is 14.3 Å². The van der Waals surface area contributed by atoms with E-state index in [1.54, 1.807) is 6.92 Å². The lowest BCUT2D eigenvalue weighted by Gasteiger charge is -2.21. The maximum absolute atomic E-state index is 11.5. The highest BCUT2D eigenvalue weighted by Crippen LogP contribution is 2.16. The van der Waals surface area contributed by atoms with Crippen molar-refractivity contribution in [3.8, 4) is 0 Å². The van der Waals surface area contributed by atoms with Gasteiger partial charge >= 0.3 is 6.09 Å². The van der Waals surface area contributed by atoms with E-state index in [0.29, 0.717) is 0 Å². The Morgan fingerprint density at radius 2 is 1.77 bits per heavy atom. The molecule has 0 saturated heterocycles. The number of rotatable bonds is 2. The minimum atomic E-state index is -0.579. The molecule has 0 aliphatic heterocycles. The van der Waals surface area contributed by atoms with Crippen molar-refractivity contribution in [2.45, 2.75) is 33.7 Å². The van der Waals surface area contributed by atoms with Crippen molar-refractivity contribution in [1.82, 2.24) is 5.32 Å². The van der Waals surface area contributed by atoms with E-state index in [0.717, 1.165) is 0 Å². The molecule has 0 aromatic carbocycles. The lowest BCUT2D eigenvalue weighted by Crippen LogP contribution is -2.43. The van der Waals surface area contributed by atoms with Crippen LogP contribution in [0, 0.1) is 5.41 Å². The highest BCUT2D eigenvalue weighted by Gasteiger charge is 2.27. The average molecular weight is 187 g/mol. The molecule has 1 amide bonds. The molecule has 76 valence electrons. The number of Topliss-reactive ketones (excluding diaryl/α,β-unsaturated/α-hetero) is 1. The van der Waals surface area contributed by atoms with Crippen molar-refractivity contribution in [1.29, 1.82) is 0 Å². The molecule has 0 saturated carbocycles. The number of alkyl carbamates (subject to hydrolysis) is 1. The molecular weight excluding hydrogens is 170 g/mol. The van der Waals surface area contributed by atoms with Crippen LogP contribution < -0.4 is 5.32 Å². The van der Waals surface area contributed by atoms with Crippen LogP contribution in [0.5, 0.6) is 0 Å². The molecule has 0 aromatic heterocycles. The number of hydrogen-bond donors (Lipinski definition) is 1. The fraction of sp³-hybridized carbons (Fsp3) is 0.778. The van der Waals surface area contributed by atoms with Gasteiger partial charge in [0.1, 0.15) is 0 Å². The molecule has 0 fully saturated rings. The third kappa shape index (κ3) is 3.92. The molecule has 4 heteroatoms. The lowest BCUT2D eigenvalue weighted by atomic mass is 9.87. The maximum atomic E-state index is 11.5. The summed E-state index contributed by atoms with van der Waals surface area (Å²) in [4.78, 5) is 22.3. The Bertz CT molecular complexity index is 205. The van der Waals surface area contributed by atoms with Crippen LogP contribution in [0.3, 0.4) is 0 Å². The van der Waals surface area contributed by atoms with Gasteiger partial charge in [0.05, 0.1) is 13.2 Å². The van der Waals surface area contributed by atoms with Gasteiger partial charge < -0.3 is 10.1 Å². The van der Waals surface area contributed by atoms with Crippen molar-refractivity contribution in [2.24, 2.45) is 5.41 Å². The Morgan fingerprint density at radius 1 is 1.31 bits per heavy atom. The standard InChI is InChI=1S/C9H17NO3/c1-6(10-8(12)13-5)7(11)9(2,3)4/h6H,1-5H3,(H,10,12)/t6-/m1/s1. The maximum Gasteiger partial charge on any atom is 0.407 e. The number of methoxy groups -OCH3 is 1. The van der Waals surface area contributed by atoms with E-state index >= 15 is 0 Å². The first kappa shape index (κ1) is 11.9. The van der Waals surface area contributed by atoms with Gasteiger partial charge in [0.15, 0.2) is 5.78 Å². The first-order chi connectivity index (χ1) is 5.79. The number of ether oxygens (including phenoxy) is 1. The molecule has 0 aliphatic carbocycles. The van der Waals surface area contributed by atoms with E-state index in [-0.39, 0.29) is 5.78 Å². The number of nitrogens with one attached hydrogen (secondary N) is 1. The number of carbonyl (C=O) groups is 2. The summed E-state index contributed by atoms with van der Waals surface area (Å²) < 4.78 is 4.38. The van der Waals surface area contributed by atoms with Crippen molar-refractivity contribution in [2.75, 3.05) is 7.11 Å². The van der Waals surface area contributed by atoms with Gasteiger partial charge in [0, 0.05) is 5.41 Å². The second kappa shape index (κ2) is 4.25. The molecule has 1 N–H and O–H groups in total. The third-order valence-corrected chi connectivity index (χ3v) is 1.65. The molecule has 0 aromatic rings. The molecule has 0 aliphatic rings. The fourth-order valence-electron chi connectivity index (χ4n) is 0.951. The van der Waals surface area contributed by atoms with Gasteiger partial charge in [-0.25, -0.2) is 4.79 Å². The van der Waals surface area contributed by atoms with Crippen molar-refractivity contribution in [3.05, 3.63) is 0 Å². The summed E-state index contributed by atoms with van der Waals surface area (Å²) in [5.74, 6) is -0.0158. The minimum absolute atomic E-state index is 0.0158. The summed E-state index contributed by atoms with van der Waals surface area (Å²) in [6, 6.07) is -0.507. The van der Waals surface area contributed by atoms with Gasteiger partial charge in [0.25, 0.3) is 0 Å². The SMILES string of the molecule is COC(=O)N[C@H](C)C(=O)C(C)(C)C. The normalized spacial score (nSPS) is 13.3. The molecule has 4 nitrogen and oxygen atoms in total. The van der Waals surface area contributed by atoms with Crippen LogP contribution in [0.25, 0.3) is 0 Å². The van der Waals surface area contributed by atoms with Gasteiger partial charge in [0.2, 0.25) is 0 Å². The number of amides is 1. The van der Waals surface area contributed by atoms with Crippen LogP contribution in [-0.4, -0.2) is 25.0 Å². The van der Waals surface area contributed by atoms with E-state index in [1.807, 2.05) is 20.8 Å². The van der Waals surface area contributed by atoms with Crippen molar-refractivity contribution >= 4 is 11.9 Å². The Balaban J connectivity index is 4.20. The summed E-state index contributed by atoms with van der Waals surface area (Å²) in [7, 11) is 1.27. The molecule has 0 unspecified atom stereocenters. The predicted molar refractivity (Wildman–Crippen MR) is 49.5 cm³/mol. The first-order valence-corrected chi connectivity index (χ1v) is 4.18. The summed E-state index contributed by atoms with van der Waals surface area (Å²) in [5, 5.41) is 2.43. The summed E-state index contributed by atoms with van der Waals surface area (Å²) >= 11 is 0. The van der Waals surface area contributed by atoms with Gasteiger partial charge in [-0.05, 0) is 6.92 Å². The molecule has 0 radical (unpaired) electrons. The van der Waals surface area contributed by atoms with E-state index in [2.05, 4.69) is 10.1 Å². The van der Waals surface area contributed by atoms with Crippen molar-refractivity contribution in [3.63, 3.8) is 0 Å². The second-order valence-corrected chi connectivity index (χ2v) is 3.97. The van der Waals surface area contributed by atoms with Gasteiger partial charge in [-0.2, -0.15) is 0 Å². The highest BCUT2D eigenvalue weighted by atomic mass is 16.5. The predicted octanol–water partition coefficient (Wildman–Crippen LogP) is 1.35. The molecule has 1 atom stereocenters. The van der Waals surface area contributed by atoms with Gasteiger partial charge in [-0.1, -0.05) is 20.8 Å². The largest absolute Gasteiger partial charge is 0.453 e. The minimum Gasteiger partial charge on any atom is -0.453 e. The molecule has 0 heterocycles. The van der Waals surface area contributed by atoms with Crippen LogP contribution in [-0.2, 0) is 9.53 Å². The van der Waals surface area contributed by atoms with E-state index in [9.17, 15) is 9.59 Å². The summed E-state index contributed by atoms with van der Waals surface area (Å²) in [6.45, 7) is 7.07. The summed E-state index contributed by atoms with van der Waals surface area (Å²) in [5.41, 5.74) is -0.444. The Hall–Kier alpha value is -1.06. The molecule has 0 rings (SSSR count). The lowest BCUT2D eigenvalue weighted by molar-refractivity contribution is -0.127. The Labute approximate surface area is 78.6 Å². The van der Waals surface area contributed by atoms with Gasteiger partial charge in [-0.15, -0.1) is 0 Å². The topological polar surface area (TPSA) is 55.4 Å². The van der Waals surface area contributed by atoms with Crippen LogP contribution >= 0.6 is 0 Å². The van der Waals surface area contributed by atoms with Crippen LogP contribution in [0.2, 0.25) is 0 Å². The Morgan fingerprint density at radius 3 is 2.08 bits per heavy atom. The van der Waals surface area contributed by atoms with Crippen LogP contribution in [0.1, 0.15) is 27.7 Å². The summed E-state index contributed by atoms with van der Waals surface area (Å²) in [6.07, 6.45) is -0.579. The monoisotopic (exact) mass is 187 g/mol. The van der Waals surface area contributed by atoms with E-state index in [4.69, 9.17) is 0 Å². The molecule has 13 heavy (non-hydrogen) atoms. The number of ketones is 1. The average Bonchev–Trinajstić information content (AvgIpc) is 2.01. The zero-order valence-corrected chi connectivity index (χ0v) is 8.80. The van der Waals surface area contributed by atoms with Crippen LogP contribution in [0.15, 0.2) is 0 Å². The zero-order chi connectivity index (χ0) is 10.6. The Kier molecular flexibility index (Phi) is 3.91. The smallest absolute Gasteiger partial charge is 0.407 e. The van der Waals surface area contributed by atoms with E-state index < -0.39 is 17.6 Å². The first-order valence-electron chi connectivity index (χ1n) is 4.18. The number of carbonyl (C=O) groups excluding carboxylic acids is 2. The van der Waals surface area contributed by atoms with E-state index in [1.165, 1.54) is 7.11 Å². The molecule has 0 spiro atoms. The molecule has 0 bridgehead atoms. The van der Waals surface area contributed by atoms with Crippen LogP contribution in [0.4, 0.5) is 4.79 Å². The zero-order valence-electron chi connectivity index (χ0n) is 8.80. The highest BCUT2D eigenvalue weighted by molar-refractivity contribution is 5.90. The molecular formula is C9H17NO3. The second-order valence-electron chi connectivity index (χ2n) is 3.97. The quantitative estimate of drug-likeness (QED) is 0.709. The number of hydrogen-bond acceptors (Lipinski definition) is 3. The third-order valence-electron chi connectivity index (χ3n) is 1.65.